The van der Waals surface area contributed by atoms with Crippen molar-refractivity contribution in [1.29, 1.82) is 0 Å². The molecule has 0 aromatic heterocycles. The SMILES string of the molecule is CCCCOCCNC(C)CC(F)(F)F. The van der Waals surface area contributed by atoms with Crippen LogP contribution in [0.25, 0.3) is 0 Å². The van der Waals surface area contributed by atoms with E-state index in [-0.39, 0.29) is 0 Å². The Morgan fingerprint density at radius 1 is 1.27 bits per heavy atom. The molecule has 0 aliphatic rings. The zero-order valence-corrected chi connectivity index (χ0v) is 9.36. The highest BCUT2D eigenvalue weighted by Gasteiger charge is 2.29. The molecule has 2 nitrogen and oxygen atoms in total. The van der Waals surface area contributed by atoms with Crippen LogP contribution in [-0.4, -0.2) is 32.0 Å². The quantitative estimate of drug-likeness (QED) is 0.644. The second-order valence-electron chi connectivity index (χ2n) is 3.64. The largest absolute Gasteiger partial charge is 0.390 e. The van der Waals surface area contributed by atoms with Gasteiger partial charge in [0, 0.05) is 19.2 Å². The van der Waals surface area contributed by atoms with E-state index in [0.717, 1.165) is 12.8 Å². The third-order valence-corrected chi connectivity index (χ3v) is 1.92. The Morgan fingerprint density at radius 2 is 1.93 bits per heavy atom. The molecule has 5 heteroatoms. The summed E-state index contributed by atoms with van der Waals surface area (Å²) in [6.07, 6.45) is -2.81. The van der Waals surface area contributed by atoms with Crippen LogP contribution >= 0.6 is 0 Å². The molecule has 1 N–H and O–H groups in total. The molecule has 15 heavy (non-hydrogen) atoms. The normalized spacial score (nSPS) is 14.2. The number of halogens is 3. The van der Waals surface area contributed by atoms with E-state index in [4.69, 9.17) is 4.74 Å². The van der Waals surface area contributed by atoms with E-state index >= 15 is 0 Å². The van der Waals surface area contributed by atoms with Gasteiger partial charge in [0.2, 0.25) is 0 Å². The van der Waals surface area contributed by atoms with Crippen LogP contribution in [0.15, 0.2) is 0 Å². The maximum atomic E-state index is 11.9. The van der Waals surface area contributed by atoms with Gasteiger partial charge in [0.15, 0.2) is 0 Å². The van der Waals surface area contributed by atoms with Crippen LogP contribution in [0.1, 0.15) is 33.1 Å². The Hall–Kier alpha value is -0.290. The van der Waals surface area contributed by atoms with E-state index < -0.39 is 18.6 Å². The fourth-order valence-corrected chi connectivity index (χ4v) is 1.15. The zero-order chi connectivity index (χ0) is 11.7. The number of hydrogen-bond acceptors (Lipinski definition) is 2. The molecule has 1 atom stereocenters. The van der Waals surface area contributed by atoms with Gasteiger partial charge in [-0.3, -0.25) is 0 Å². The fraction of sp³-hybridized carbons (Fsp3) is 1.00. The molecular weight excluding hydrogens is 207 g/mol. The monoisotopic (exact) mass is 227 g/mol. The minimum absolute atomic E-state index is 0.473. The molecule has 0 radical (unpaired) electrons. The first-order valence-corrected chi connectivity index (χ1v) is 5.33. The molecule has 0 spiro atoms. The molecule has 0 saturated heterocycles. The molecular formula is C10H20F3NO. The predicted octanol–water partition coefficient (Wildman–Crippen LogP) is 2.73. The van der Waals surface area contributed by atoms with Crippen molar-refractivity contribution in [2.75, 3.05) is 19.8 Å². The zero-order valence-electron chi connectivity index (χ0n) is 9.36. The van der Waals surface area contributed by atoms with Crippen LogP contribution in [0, 0.1) is 0 Å². The van der Waals surface area contributed by atoms with E-state index in [1.807, 2.05) is 0 Å². The lowest BCUT2D eigenvalue weighted by Crippen LogP contribution is -2.33. The number of hydrogen-bond donors (Lipinski definition) is 1. The second kappa shape index (κ2) is 7.93. The molecule has 0 amide bonds. The number of nitrogens with one attached hydrogen (secondary N) is 1. The Balaban J connectivity index is 3.28. The molecule has 0 aromatic rings. The van der Waals surface area contributed by atoms with E-state index in [2.05, 4.69) is 12.2 Å². The van der Waals surface area contributed by atoms with Crippen LogP contribution in [0.5, 0.6) is 0 Å². The number of ether oxygens (including phenoxy) is 1. The molecule has 1 unspecified atom stereocenters. The lowest BCUT2D eigenvalue weighted by molar-refractivity contribution is -0.139. The summed E-state index contributed by atoms with van der Waals surface area (Å²) in [4.78, 5) is 0. The van der Waals surface area contributed by atoms with E-state index in [0.29, 0.717) is 19.8 Å². The first-order valence-electron chi connectivity index (χ1n) is 5.33. The van der Waals surface area contributed by atoms with Gasteiger partial charge in [-0.25, -0.2) is 0 Å². The fourth-order valence-electron chi connectivity index (χ4n) is 1.15. The van der Waals surface area contributed by atoms with Crippen molar-refractivity contribution >= 4 is 0 Å². The summed E-state index contributed by atoms with van der Waals surface area (Å²) in [5.74, 6) is 0. The Kier molecular flexibility index (Phi) is 7.78. The molecule has 0 rings (SSSR count). The van der Waals surface area contributed by atoms with Gasteiger partial charge in [-0.2, -0.15) is 13.2 Å². The molecule has 0 fully saturated rings. The Labute approximate surface area is 89.2 Å². The van der Waals surface area contributed by atoms with Crippen molar-refractivity contribution in [3.63, 3.8) is 0 Å². The summed E-state index contributed by atoms with van der Waals surface area (Å²) in [5, 5.41) is 2.77. The lowest BCUT2D eigenvalue weighted by Gasteiger charge is -2.15. The van der Waals surface area contributed by atoms with Gasteiger partial charge in [-0.15, -0.1) is 0 Å². The van der Waals surface area contributed by atoms with Gasteiger partial charge in [0.25, 0.3) is 0 Å². The van der Waals surface area contributed by atoms with Crippen LogP contribution in [0.3, 0.4) is 0 Å². The summed E-state index contributed by atoms with van der Waals surface area (Å²) in [6.45, 7) is 5.22. The van der Waals surface area contributed by atoms with Gasteiger partial charge >= 0.3 is 6.18 Å². The lowest BCUT2D eigenvalue weighted by atomic mass is 10.2. The Morgan fingerprint density at radius 3 is 2.47 bits per heavy atom. The van der Waals surface area contributed by atoms with Gasteiger partial charge in [0.05, 0.1) is 13.0 Å². The second-order valence-corrected chi connectivity index (χ2v) is 3.64. The maximum Gasteiger partial charge on any atom is 0.390 e. The van der Waals surface area contributed by atoms with Crippen LogP contribution in [0.4, 0.5) is 13.2 Å². The highest BCUT2D eigenvalue weighted by atomic mass is 19.4. The van der Waals surface area contributed by atoms with E-state index in [1.54, 1.807) is 0 Å². The van der Waals surface area contributed by atoms with Gasteiger partial charge in [0.1, 0.15) is 0 Å². The molecule has 0 bridgehead atoms. The molecule has 0 aliphatic heterocycles. The van der Waals surface area contributed by atoms with Crippen LogP contribution in [-0.2, 0) is 4.74 Å². The first-order chi connectivity index (χ1) is 6.95. The van der Waals surface area contributed by atoms with Crippen molar-refractivity contribution in [3.05, 3.63) is 0 Å². The van der Waals surface area contributed by atoms with Gasteiger partial charge in [-0.05, 0) is 13.3 Å². The van der Waals surface area contributed by atoms with Gasteiger partial charge in [-0.1, -0.05) is 13.3 Å². The minimum atomic E-state index is -4.09. The molecule has 0 heterocycles. The third-order valence-electron chi connectivity index (χ3n) is 1.92. The average molecular weight is 227 g/mol. The number of rotatable bonds is 8. The standard InChI is InChI=1S/C10H20F3NO/c1-3-4-6-15-7-5-14-9(2)8-10(11,12)13/h9,14H,3-8H2,1-2H3. The summed E-state index contributed by atoms with van der Waals surface area (Å²) >= 11 is 0. The molecule has 92 valence electrons. The van der Waals surface area contributed by atoms with Gasteiger partial charge < -0.3 is 10.1 Å². The van der Waals surface area contributed by atoms with Crippen molar-refractivity contribution < 1.29 is 17.9 Å². The summed E-state index contributed by atoms with van der Waals surface area (Å²) in [5.41, 5.74) is 0. The summed E-state index contributed by atoms with van der Waals surface area (Å²) in [7, 11) is 0. The average Bonchev–Trinajstić information content (AvgIpc) is 2.08. The first kappa shape index (κ1) is 14.7. The highest BCUT2D eigenvalue weighted by molar-refractivity contribution is 4.65. The van der Waals surface area contributed by atoms with E-state index in [9.17, 15) is 13.2 Å². The minimum Gasteiger partial charge on any atom is -0.380 e. The predicted molar refractivity (Wildman–Crippen MR) is 53.9 cm³/mol. The summed E-state index contributed by atoms with van der Waals surface area (Å²) < 4.78 is 40.9. The molecule has 0 aliphatic carbocycles. The highest BCUT2D eigenvalue weighted by Crippen LogP contribution is 2.20. The van der Waals surface area contributed by atoms with Crippen molar-refractivity contribution in [2.24, 2.45) is 0 Å². The summed E-state index contributed by atoms with van der Waals surface area (Å²) in [6, 6.07) is -0.542. The third kappa shape index (κ3) is 11.6. The number of unbranched alkanes of at least 4 members (excludes halogenated alkanes) is 1. The topological polar surface area (TPSA) is 21.3 Å². The Bertz CT molecular complexity index is 150. The van der Waals surface area contributed by atoms with Crippen LogP contribution in [0.2, 0.25) is 0 Å². The van der Waals surface area contributed by atoms with E-state index in [1.165, 1.54) is 6.92 Å². The number of alkyl halides is 3. The maximum absolute atomic E-state index is 11.9. The van der Waals surface area contributed by atoms with Crippen molar-refractivity contribution in [1.82, 2.24) is 5.32 Å². The molecule has 0 saturated carbocycles. The smallest absolute Gasteiger partial charge is 0.380 e. The van der Waals surface area contributed by atoms with Crippen LogP contribution < -0.4 is 5.32 Å². The van der Waals surface area contributed by atoms with Crippen molar-refractivity contribution in [3.8, 4) is 0 Å². The van der Waals surface area contributed by atoms with Crippen molar-refractivity contribution in [2.45, 2.75) is 45.3 Å². The molecule has 0 aromatic carbocycles.